The van der Waals surface area contributed by atoms with Crippen molar-refractivity contribution in [3.05, 3.63) is 44.6 Å². The van der Waals surface area contributed by atoms with E-state index in [1.165, 1.54) is 12.5 Å². The number of nitro groups is 1. The molecule has 0 amide bonds. The largest absolute Gasteiger partial charge is 0.349 e. The van der Waals surface area contributed by atoms with E-state index in [-0.39, 0.29) is 5.00 Å². The Morgan fingerprint density at radius 1 is 1.44 bits per heavy atom. The number of hydrogen-bond acceptors (Lipinski definition) is 6. The lowest BCUT2D eigenvalue weighted by molar-refractivity contribution is -0.379. The van der Waals surface area contributed by atoms with Crippen molar-refractivity contribution in [2.24, 2.45) is 0 Å². The number of nitrogens with one attached hydrogen (secondary N) is 1. The smallest absolute Gasteiger partial charge is 0.296 e. The fourth-order valence-corrected chi connectivity index (χ4v) is 2.39. The van der Waals surface area contributed by atoms with Crippen LogP contribution in [-0.2, 0) is 0 Å². The minimum Gasteiger partial charge on any atom is -0.296 e. The molecule has 0 aliphatic heterocycles. The quantitative estimate of drug-likeness (QED) is 0.549. The van der Waals surface area contributed by atoms with Crippen LogP contribution >= 0.6 is 11.3 Å². The number of aromatic nitrogens is 4. The first-order valence-corrected chi connectivity index (χ1v) is 5.70. The maximum atomic E-state index is 11.5. The Labute approximate surface area is 103 Å². The normalized spacial score (nSPS) is 10.9. The van der Waals surface area contributed by atoms with Crippen LogP contribution in [0.3, 0.4) is 0 Å². The van der Waals surface area contributed by atoms with E-state index in [2.05, 4.69) is 15.1 Å². The molecule has 0 saturated carbocycles. The van der Waals surface area contributed by atoms with Crippen molar-refractivity contribution in [2.45, 2.75) is 0 Å². The molecule has 9 heteroatoms. The van der Waals surface area contributed by atoms with Crippen molar-refractivity contribution in [3.63, 3.8) is 0 Å². The predicted molar refractivity (Wildman–Crippen MR) is 63.6 cm³/mol. The van der Waals surface area contributed by atoms with Crippen LogP contribution in [0.25, 0.3) is 16.8 Å². The second-order valence-corrected chi connectivity index (χ2v) is 4.29. The molecule has 0 unspecified atom stereocenters. The van der Waals surface area contributed by atoms with Crippen molar-refractivity contribution in [2.75, 3.05) is 0 Å². The highest BCUT2D eigenvalue weighted by atomic mass is 32.1. The number of rotatable bonds is 2. The van der Waals surface area contributed by atoms with Crippen molar-refractivity contribution in [1.82, 2.24) is 19.6 Å². The first kappa shape index (κ1) is 10.6. The Morgan fingerprint density at radius 3 is 3.06 bits per heavy atom. The third kappa shape index (κ3) is 1.41. The summed E-state index contributed by atoms with van der Waals surface area (Å²) < 4.78 is 1.07. The van der Waals surface area contributed by atoms with Crippen molar-refractivity contribution < 1.29 is 4.92 Å². The van der Waals surface area contributed by atoms with Gasteiger partial charge in [-0.3, -0.25) is 15.1 Å². The van der Waals surface area contributed by atoms with Gasteiger partial charge in [-0.2, -0.15) is 9.61 Å². The van der Waals surface area contributed by atoms with Gasteiger partial charge in [0.15, 0.2) is 5.65 Å². The van der Waals surface area contributed by atoms with Crippen LogP contribution in [0.4, 0.5) is 5.00 Å². The van der Waals surface area contributed by atoms with E-state index in [0.717, 1.165) is 15.9 Å². The molecule has 3 rings (SSSR count). The lowest BCUT2D eigenvalue weighted by Crippen LogP contribution is -2.17. The van der Waals surface area contributed by atoms with Crippen LogP contribution < -0.4 is 5.69 Å². The predicted octanol–water partition coefficient (Wildman–Crippen LogP) is 1.05. The molecule has 0 radical (unpaired) electrons. The molecule has 0 aliphatic rings. The van der Waals surface area contributed by atoms with E-state index < -0.39 is 10.6 Å². The van der Waals surface area contributed by atoms with Gasteiger partial charge in [0.05, 0.1) is 28.6 Å². The van der Waals surface area contributed by atoms with Crippen molar-refractivity contribution >= 4 is 22.0 Å². The summed E-state index contributed by atoms with van der Waals surface area (Å²) in [5.41, 5.74) is 0.733. The van der Waals surface area contributed by atoms with E-state index in [1.807, 2.05) is 0 Å². The molecule has 1 N–H and O–H groups in total. The number of aromatic amines is 1. The van der Waals surface area contributed by atoms with Crippen LogP contribution in [0.1, 0.15) is 0 Å². The van der Waals surface area contributed by atoms with Gasteiger partial charge in [0, 0.05) is 0 Å². The minimum atomic E-state index is -0.462. The number of fused-ring (bicyclic) bond motifs is 1. The van der Waals surface area contributed by atoms with Crippen LogP contribution in [-0.4, -0.2) is 24.5 Å². The molecule has 3 aromatic heterocycles. The Balaban J connectivity index is 2.33. The zero-order valence-electron chi connectivity index (χ0n) is 8.73. The van der Waals surface area contributed by atoms with Crippen LogP contribution in [0.15, 0.2) is 28.8 Å². The molecule has 8 nitrogen and oxygen atoms in total. The first-order chi connectivity index (χ1) is 8.68. The summed E-state index contributed by atoms with van der Waals surface area (Å²) in [6, 6.07) is 1.61. The fraction of sp³-hybridized carbons (Fsp3) is 0. The molecule has 18 heavy (non-hydrogen) atoms. The summed E-state index contributed by atoms with van der Waals surface area (Å²) in [4.78, 5) is 28.2. The third-order valence-corrected chi connectivity index (χ3v) is 3.28. The van der Waals surface area contributed by atoms with E-state index in [9.17, 15) is 14.9 Å². The zero-order chi connectivity index (χ0) is 12.7. The average molecular weight is 263 g/mol. The Morgan fingerprint density at radius 2 is 2.28 bits per heavy atom. The van der Waals surface area contributed by atoms with Gasteiger partial charge < -0.3 is 0 Å². The molecule has 0 fully saturated rings. The van der Waals surface area contributed by atoms with Crippen LogP contribution in [0.2, 0.25) is 0 Å². The molecule has 0 spiro atoms. The number of hydrogen-bond donors (Lipinski definition) is 1. The second-order valence-electron chi connectivity index (χ2n) is 3.40. The lowest BCUT2D eigenvalue weighted by Gasteiger charge is -1.94. The highest BCUT2D eigenvalue weighted by Crippen LogP contribution is 2.35. The lowest BCUT2D eigenvalue weighted by atomic mass is 10.2. The third-order valence-electron chi connectivity index (χ3n) is 2.41. The number of H-pyrrole nitrogens is 1. The molecular formula is C9H5N5O3S. The summed E-state index contributed by atoms with van der Waals surface area (Å²) in [7, 11) is 0. The molecular weight excluding hydrogens is 258 g/mol. The highest BCUT2D eigenvalue weighted by Gasteiger charge is 2.21. The second kappa shape index (κ2) is 3.74. The molecule has 0 aromatic carbocycles. The molecule has 3 aromatic rings. The zero-order valence-corrected chi connectivity index (χ0v) is 9.55. The van der Waals surface area contributed by atoms with E-state index in [4.69, 9.17) is 0 Å². The van der Waals surface area contributed by atoms with Crippen molar-refractivity contribution in [3.8, 4) is 11.1 Å². The fourth-order valence-electron chi connectivity index (χ4n) is 1.66. The SMILES string of the molecule is O=c1[nH]cnc2c(-c3ccsc3[N+](=O)[O-])cnn12. The van der Waals surface area contributed by atoms with Crippen LogP contribution in [0.5, 0.6) is 0 Å². The van der Waals surface area contributed by atoms with Gasteiger partial charge in [-0.25, -0.2) is 9.78 Å². The van der Waals surface area contributed by atoms with E-state index in [0.29, 0.717) is 16.8 Å². The van der Waals surface area contributed by atoms with Gasteiger partial charge in [-0.1, -0.05) is 11.3 Å². The van der Waals surface area contributed by atoms with Gasteiger partial charge in [0.1, 0.15) is 0 Å². The Hall–Kier alpha value is -2.55. The summed E-state index contributed by atoms with van der Waals surface area (Å²) >= 11 is 1.02. The summed E-state index contributed by atoms with van der Waals surface area (Å²) in [5, 5.41) is 16.4. The highest BCUT2D eigenvalue weighted by molar-refractivity contribution is 7.13. The molecule has 0 bridgehead atoms. The molecule has 0 saturated heterocycles. The van der Waals surface area contributed by atoms with E-state index >= 15 is 0 Å². The van der Waals surface area contributed by atoms with Crippen molar-refractivity contribution in [1.29, 1.82) is 0 Å². The maximum Gasteiger partial charge on any atom is 0.349 e. The Kier molecular flexibility index (Phi) is 2.20. The minimum absolute atomic E-state index is 0.00646. The molecule has 0 aliphatic carbocycles. The standard InChI is InChI=1S/C9H5N5O3S/c15-9-11-4-10-7-6(3-12-13(7)9)5-1-2-18-8(5)14(16)17/h1-4H,(H,10,11,15). The first-order valence-electron chi connectivity index (χ1n) is 4.82. The Bertz CT molecular complexity index is 802. The topological polar surface area (TPSA) is 106 Å². The molecule has 0 atom stereocenters. The van der Waals surface area contributed by atoms with Gasteiger partial charge in [-0.15, -0.1) is 0 Å². The summed E-state index contributed by atoms with van der Waals surface area (Å²) in [6.07, 6.45) is 2.63. The summed E-state index contributed by atoms with van der Waals surface area (Å²) in [6.45, 7) is 0. The summed E-state index contributed by atoms with van der Waals surface area (Å²) in [5.74, 6) is 0. The van der Waals surface area contributed by atoms with E-state index in [1.54, 1.807) is 11.4 Å². The number of nitrogens with zero attached hydrogens (tertiary/aromatic N) is 4. The average Bonchev–Trinajstić information content (AvgIpc) is 2.94. The molecule has 3 heterocycles. The van der Waals surface area contributed by atoms with Gasteiger partial charge in [0.25, 0.3) is 0 Å². The van der Waals surface area contributed by atoms with Gasteiger partial charge >= 0.3 is 10.7 Å². The van der Waals surface area contributed by atoms with Gasteiger partial charge in [-0.05, 0) is 11.4 Å². The monoisotopic (exact) mass is 263 g/mol. The van der Waals surface area contributed by atoms with Crippen LogP contribution in [0, 0.1) is 10.1 Å². The van der Waals surface area contributed by atoms with Gasteiger partial charge in [0.2, 0.25) is 0 Å². The molecule has 90 valence electrons. The number of thiophene rings is 1. The maximum absolute atomic E-state index is 11.5.